The topological polar surface area (TPSA) is 69.7 Å². The van der Waals surface area contributed by atoms with Gasteiger partial charge in [0.1, 0.15) is 11.6 Å². The van der Waals surface area contributed by atoms with Gasteiger partial charge in [0, 0.05) is 43.4 Å². The first-order chi connectivity index (χ1) is 11.7. The van der Waals surface area contributed by atoms with Crippen molar-refractivity contribution < 1.29 is 0 Å². The lowest BCUT2D eigenvalue weighted by Crippen LogP contribution is -2.60. The minimum atomic E-state index is 0.629. The molecule has 1 aliphatic heterocycles. The number of aromatic nitrogens is 4. The molecule has 3 aliphatic rings. The average molecular weight is 324 g/mol. The summed E-state index contributed by atoms with van der Waals surface area (Å²) in [4.78, 5) is 11.6. The van der Waals surface area contributed by atoms with Gasteiger partial charge in [0.25, 0.3) is 0 Å². The molecule has 2 saturated carbocycles. The van der Waals surface area contributed by atoms with E-state index < -0.39 is 0 Å². The highest BCUT2D eigenvalue weighted by atomic mass is 15.2. The Hall–Kier alpha value is -1.95. The molecule has 6 heteroatoms. The third-order valence-electron chi connectivity index (χ3n) is 5.70. The molecule has 2 aliphatic carbocycles. The van der Waals surface area contributed by atoms with Gasteiger partial charge in [0.05, 0.1) is 0 Å². The van der Waals surface area contributed by atoms with E-state index in [1.807, 2.05) is 12.3 Å². The molecule has 0 amide bonds. The van der Waals surface area contributed by atoms with Gasteiger partial charge in [-0.25, -0.2) is 9.97 Å². The fraction of sp³-hybridized carbons (Fsp3) is 0.611. The molecule has 5 rings (SSSR count). The number of nitrogens with one attached hydrogen (secondary N) is 2. The summed E-state index contributed by atoms with van der Waals surface area (Å²) < 4.78 is 0. The maximum atomic E-state index is 4.68. The van der Waals surface area contributed by atoms with Gasteiger partial charge >= 0.3 is 0 Å². The van der Waals surface area contributed by atoms with Gasteiger partial charge in [-0.15, -0.1) is 0 Å². The van der Waals surface area contributed by atoms with E-state index in [2.05, 4.69) is 43.5 Å². The van der Waals surface area contributed by atoms with Gasteiger partial charge in [-0.3, -0.25) is 5.10 Å². The van der Waals surface area contributed by atoms with E-state index in [0.29, 0.717) is 11.3 Å². The molecule has 2 N–H and O–H groups in total. The summed E-state index contributed by atoms with van der Waals surface area (Å²) in [5.41, 5.74) is 1.86. The van der Waals surface area contributed by atoms with Gasteiger partial charge in [-0.2, -0.15) is 5.10 Å². The molecule has 6 nitrogen and oxygen atoms in total. The molecular formula is C18H24N6. The number of hydrogen-bond acceptors (Lipinski definition) is 5. The van der Waals surface area contributed by atoms with Crippen LogP contribution in [0.4, 0.5) is 11.6 Å². The summed E-state index contributed by atoms with van der Waals surface area (Å²) in [7, 11) is 2.21. The summed E-state index contributed by atoms with van der Waals surface area (Å²) >= 11 is 0. The molecular weight excluding hydrogens is 300 g/mol. The highest BCUT2D eigenvalue weighted by Crippen LogP contribution is 2.52. The van der Waals surface area contributed by atoms with Crippen LogP contribution in [0, 0.1) is 11.3 Å². The lowest BCUT2D eigenvalue weighted by Gasteiger charge is -2.58. The van der Waals surface area contributed by atoms with Crippen LogP contribution in [-0.4, -0.2) is 45.2 Å². The fourth-order valence-corrected chi connectivity index (χ4v) is 4.63. The van der Waals surface area contributed by atoms with Crippen molar-refractivity contribution in [1.29, 1.82) is 0 Å². The van der Waals surface area contributed by atoms with Crippen molar-refractivity contribution in [3.63, 3.8) is 0 Å². The van der Waals surface area contributed by atoms with E-state index in [0.717, 1.165) is 29.8 Å². The van der Waals surface area contributed by atoms with Crippen LogP contribution in [0.5, 0.6) is 0 Å². The Balaban J connectivity index is 1.20. The minimum Gasteiger partial charge on any atom is -0.323 e. The Morgan fingerprint density at radius 1 is 1.29 bits per heavy atom. The first-order valence-electron chi connectivity index (χ1n) is 9.00. The number of anilines is 2. The highest BCUT2D eigenvalue weighted by Gasteiger charge is 2.50. The average Bonchev–Trinajstić information content (AvgIpc) is 3.25. The van der Waals surface area contributed by atoms with Crippen molar-refractivity contribution in [1.82, 2.24) is 25.1 Å². The van der Waals surface area contributed by atoms with Gasteiger partial charge in [-0.1, -0.05) is 0 Å². The normalized spacial score (nSPS) is 23.0. The lowest BCUT2D eigenvalue weighted by atomic mass is 9.57. The predicted molar refractivity (Wildman–Crippen MR) is 92.2 cm³/mol. The predicted octanol–water partition coefficient (Wildman–Crippen LogP) is 2.71. The standard InChI is InChI=1S/C18H24N6/c1-24-10-18(11-24)8-12(9-18)6-16-19-5-4-15(20-16)21-17-7-14(22-23-17)13-2-3-13/h4-5,7,12-13H,2-3,6,8-11H2,1H3,(H2,19,20,21,22,23). The van der Waals surface area contributed by atoms with Crippen LogP contribution in [0.1, 0.15) is 43.1 Å². The molecule has 0 unspecified atom stereocenters. The number of H-pyrrole nitrogens is 1. The van der Waals surface area contributed by atoms with Crippen LogP contribution >= 0.6 is 0 Å². The van der Waals surface area contributed by atoms with Crippen LogP contribution < -0.4 is 5.32 Å². The summed E-state index contributed by atoms with van der Waals surface area (Å²) in [6, 6.07) is 4.01. The van der Waals surface area contributed by atoms with Crippen molar-refractivity contribution in [3.8, 4) is 0 Å². The van der Waals surface area contributed by atoms with Crippen molar-refractivity contribution in [2.24, 2.45) is 11.3 Å². The first-order valence-corrected chi connectivity index (χ1v) is 9.00. The van der Waals surface area contributed by atoms with Crippen molar-refractivity contribution >= 4 is 11.6 Å². The second-order valence-electron chi connectivity index (χ2n) is 8.12. The molecule has 0 radical (unpaired) electrons. The second-order valence-corrected chi connectivity index (χ2v) is 8.12. The molecule has 0 atom stereocenters. The summed E-state index contributed by atoms with van der Waals surface area (Å²) in [6.07, 6.45) is 8.07. The Bertz CT molecular complexity index is 735. The molecule has 0 bridgehead atoms. The van der Waals surface area contributed by atoms with Gasteiger partial charge < -0.3 is 10.2 Å². The van der Waals surface area contributed by atoms with E-state index >= 15 is 0 Å². The largest absolute Gasteiger partial charge is 0.323 e. The number of aromatic amines is 1. The molecule has 1 saturated heterocycles. The Kier molecular flexibility index (Phi) is 3.16. The van der Waals surface area contributed by atoms with E-state index in [-0.39, 0.29) is 0 Å². The maximum Gasteiger partial charge on any atom is 0.153 e. The van der Waals surface area contributed by atoms with Crippen LogP contribution in [0.3, 0.4) is 0 Å². The molecule has 3 fully saturated rings. The number of rotatable bonds is 5. The zero-order valence-corrected chi connectivity index (χ0v) is 14.1. The third kappa shape index (κ3) is 2.69. The number of hydrogen-bond donors (Lipinski definition) is 2. The number of likely N-dealkylation sites (tertiary alicyclic amines) is 1. The molecule has 3 heterocycles. The molecule has 0 aromatic carbocycles. The van der Waals surface area contributed by atoms with Crippen molar-refractivity contribution in [3.05, 3.63) is 29.8 Å². The molecule has 2 aromatic rings. The first kappa shape index (κ1) is 14.4. The minimum absolute atomic E-state index is 0.629. The van der Waals surface area contributed by atoms with Crippen LogP contribution in [0.25, 0.3) is 0 Å². The van der Waals surface area contributed by atoms with Crippen LogP contribution in [0.15, 0.2) is 18.3 Å². The maximum absolute atomic E-state index is 4.68. The van der Waals surface area contributed by atoms with E-state index in [4.69, 9.17) is 0 Å². The smallest absolute Gasteiger partial charge is 0.153 e. The SMILES string of the molecule is CN1CC2(CC(Cc3nccc(Nc4cc(C5CC5)[nH]n4)n3)C2)C1. The summed E-state index contributed by atoms with van der Waals surface area (Å²) in [5, 5.41) is 10.8. The Labute approximate surface area is 142 Å². The third-order valence-corrected chi connectivity index (χ3v) is 5.70. The quantitative estimate of drug-likeness (QED) is 0.885. The van der Waals surface area contributed by atoms with Crippen LogP contribution in [0.2, 0.25) is 0 Å². The van der Waals surface area contributed by atoms with E-state index in [1.54, 1.807) is 0 Å². The van der Waals surface area contributed by atoms with E-state index in [9.17, 15) is 0 Å². The number of nitrogens with zero attached hydrogens (tertiary/aromatic N) is 4. The van der Waals surface area contributed by atoms with Gasteiger partial charge in [0.15, 0.2) is 5.82 Å². The molecule has 24 heavy (non-hydrogen) atoms. The summed E-state index contributed by atoms with van der Waals surface area (Å²) in [5.74, 6) is 4.07. The fourth-order valence-electron chi connectivity index (χ4n) is 4.63. The second kappa shape index (κ2) is 5.28. The lowest BCUT2D eigenvalue weighted by molar-refractivity contribution is -0.0814. The van der Waals surface area contributed by atoms with Gasteiger partial charge in [0.2, 0.25) is 0 Å². The highest BCUT2D eigenvalue weighted by molar-refractivity contribution is 5.51. The zero-order valence-electron chi connectivity index (χ0n) is 14.1. The molecule has 2 aromatic heterocycles. The Morgan fingerprint density at radius 3 is 2.88 bits per heavy atom. The molecule has 1 spiro atoms. The van der Waals surface area contributed by atoms with E-state index in [1.165, 1.54) is 44.5 Å². The summed E-state index contributed by atoms with van der Waals surface area (Å²) in [6.45, 7) is 2.54. The monoisotopic (exact) mass is 324 g/mol. The van der Waals surface area contributed by atoms with Gasteiger partial charge in [-0.05, 0) is 50.1 Å². The van der Waals surface area contributed by atoms with Crippen molar-refractivity contribution in [2.45, 2.75) is 38.0 Å². The van der Waals surface area contributed by atoms with Crippen molar-refractivity contribution in [2.75, 3.05) is 25.5 Å². The zero-order chi connectivity index (χ0) is 16.1. The molecule has 126 valence electrons. The van der Waals surface area contributed by atoms with Crippen LogP contribution in [-0.2, 0) is 6.42 Å². The Morgan fingerprint density at radius 2 is 2.12 bits per heavy atom.